The zero-order chi connectivity index (χ0) is 17.5. The molecule has 0 aliphatic carbocycles. The first kappa shape index (κ1) is 16.1. The van der Waals surface area contributed by atoms with Gasteiger partial charge in [-0.25, -0.2) is 8.78 Å². The molecule has 0 aromatic heterocycles. The van der Waals surface area contributed by atoms with E-state index < -0.39 is 28.7 Å². The second-order valence-electron chi connectivity index (χ2n) is 6.25. The number of hydrogen-bond donors (Lipinski definition) is 1. The van der Waals surface area contributed by atoms with Gasteiger partial charge in [0, 0.05) is 5.69 Å². The molecule has 4 nitrogen and oxygen atoms in total. The van der Waals surface area contributed by atoms with Crippen LogP contribution in [-0.4, -0.2) is 17.3 Å². The third kappa shape index (κ3) is 3.13. The van der Waals surface area contributed by atoms with Gasteiger partial charge in [-0.05, 0) is 50.2 Å². The summed E-state index contributed by atoms with van der Waals surface area (Å²) >= 11 is 0. The molecule has 0 spiro atoms. The van der Waals surface area contributed by atoms with E-state index in [9.17, 15) is 18.4 Å². The fourth-order valence-corrected chi connectivity index (χ4v) is 2.60. The molecular weight excluding hydrogens is 316 g/mol. The summed E-state index contributed by atoms with van der Waals surface area (Å²) in [5.74, 6) is -2.00. The van der Waals surface area contributed by atoms with Crippen molar-refractivity contribution in [1.29, 1.82) is 0 Å². The van der Waals surface area contributed by atoms with E-state index in [0.717, 1.165) is 18.2 Å². The fourth-order valence-electron chi connectivity index (χ4n) is 2.60. The van der Waals surface area contributed by atoms with E-state index in [4.69, 9.17) is 4.74 Å². The zero-order valence-corrected chi connectivity index (χ0v) is 13.2. The number of anilines is 1. The molecule has 0 radical (unpaired) electrons. The maximum Gasteiger partial charge on any atom is 0.258 e. The Morgan fingerprint density at radius 2 is 1.92 bits per heavy atom. The number of rotatable bonds is 2. The summed E-state index contributed by atoms with van der Waals surface area (Å²) in [7, 11) is 0. The summed E-state index contributed by atoms with van der Waals surface area (Å²) in [6.45, 7) is 3.63. The lowest BCUT2D eigenvalue weighted by Gasteiger charge is -2.31. The molecule has 1 aliphatic heterocycles. The maximum atomic E-state index is 13.6. The largest absolute Gasteiger partial charge is 0.487 e. The van der Waals surface area contributed by atoms with Gasteiger partial charge >= 0.3 is 0 Å². The molecule has 0 unspecified atom stereocenters. The van der Waals surface area contributed by atoms with Crippen molar-refractivity contribution in [3.05, 3.63) is 59.2 Å². The van der Waals surface area contributed by atoms with Gasteiger partial charge in [-0.1, -0.05) is 0 Å². The highest BCUT2D eigenvalue weighted by Crippen LogP contribution is 2.34. The average Bonchev–Trinajstić information content (AvgIpc) is 2.49. The van der Waals surface area contributed by atoms with Crippen LogP contribution in [0.2, 0.25) is 0 Å². The summed E-state index contributed by atoms with van der Waals surface area (Å²) in [6.07, 6.45) is 0.218. The molecule has 1 aliphatic rings. The molecule has 0 bridgehead atoms. The van der Waals surface area contributed by atoms with E-state index in [1.807, 2.05) is 13.8 Å². The summed E-state index contributed by atoms with van der Waals surface area (Å²) in [6, 6.07) is 7.23. The van der Waals surface area contributed by atoms with Gasteiger partial charge in [-0.3, -0.25) is 9.59 Å². The third-order valence-corrected chi connectivity index (χ3v) is 3.68. The highest BCUT2D eigenvalue weighted by Gasteiger charge is 2.32. The van der Waals surface area contributed by atoms with Gasteiger partial charge in [0.1, 0.15) is 23.0 Å². The second kappa shape index (κ2) is 5.70. The predicted octanol–water partition coefficient (Wildman–Crippen LogP) is 3.96. The fraction of sp³-hybridized carbons (Fsp3) is 0.222. The summed E-state index contributed by atoms with van der Waals surface area (Å²) in [5.41, 5.74) is -0.332. The van der Waals surface area contributed by atoms with Crippen LogP contribution in [0.3, 0.4) is 0 Å². The number of carbonyl (C=O) groups is 2. The number of ether oxygens (including phenoxy) is 1. The lowest BCUT2D eigenvalue weighted by atomic mass is 9.93. The number of fused-ring (bicyclic) bond motifs is 1. The molecule has 24 heavy (non-hydrogen) atoms. The van der Waals surface area contributed by atoms with E-state index in [1.165, 1.54) is 6.07 Å². The van der Waals surface area contributed by atoms with E-state index in [1.54, 1.807) is 12.1 Å². The molecular formula is C18H15F2NO3. The van der Waals surface area contributed by atoms with E-state index in [0.29, 0.717) is 17.0 Å². The number of halogens is 2. The number of hydrogen-bond acceptors (Lipinski definition) is 3. The summed E-state index contributed by atoms with van der Waals surface area (Å²) in [5, 5.41) is 2.46. The molecule has 0 saturated heterocycles. The van der Waals surface area contributed by atoms with Crippen molar-refractivity contribution in [3.8, 4) is 5.75 Å². The Bertz CT molecular complexity index is 846. The van der Waals surface area contributed by atoms with Crippen LogP contribution in [-0.2, 0) is 0 Å². The normalized spacial score (nSPS) is 15.4. The molecule has 0 fully saturated rings. The Kier molecular flexibility index (Phi) is 3.83. The monoisotopic (exact) mass is 331 g/mol. The smallest absolute Gasteiger partial charge is 0.258 e. The van der Waals surface area contributed by atoms with Gasteiger partial charge in [0.05, 0.1) is 17.5 Å². The zero-order valence-electron chi connectivity index (χ0n) is 13.2. The van der Waals surface area contributed by atoms with Crippen molar-refractivity contribution >= 4 is 17.4 Å². The molecule has 124 valence electrons. The number of nitrogens with one attached hydrogen (secondary N) is 1. The van der Waals surface area contributed by atoms with Crippen LogP contribution >= 0.6 is 0 Å². The summed E-state index contributed by atoms with van der Waals surface area (Å²) in [4.78, 5) is 24.3. The van der Waals surface area contributed by atoms with Gasteiger partial charge < -0.3 is 10.1 Å². The maximum absolute atomic E-state index is 13.6. The molecule has 2 aromatic carbocycles. The molecule has 1 N–H and O–H groups in total. The van der Waals surface area contributed by atoms with Gasteiger partial charge in [0.2, 0.25) is 0 Å². The molecule has 1 heterocycles. The Morgan fingerprint density at radius 1 is 1.17 bits per heavy atom. The van der Waals surface area contributed by atoms with Crippen LogP contribution in [0.4, 0.5) is 14.5 Å². The van der Waals surface area contributed by atoms with Crippen LogP contribution in [0.5, 0.6) is 5.75 Å². The van der Waals surface area contributed by atoms with Crippen LogP contribution in [0.25, 0.3) is 0 Å². The van der Waals surface area contributed by atoms with Crippen molar-refractivity contribution in [2.75, 3.05) is 5.32 Å². The Morgan fingerprint density at radius 3 is 2.67 bits per heavy atom. The van der Waals surface area contributed by atoms with E-state index in [-0.39, 0.29) is 12.2 Å². The minimum absolute atomic E-state index is 0.103. The first-order valence-electron chi connectivity index (χ1n) is 7.38. The molecule has 0 atom stereocenters. The minimum atomic E-state index is -0.826. The van der Waals surface area contributed by atoms with Gasteiger partial charge in [0.15, 0.2) is 5.78 Å². The first-order chi connectivity index (χ1) is 11.2. The Balaban J connectivity index is 1.87. The van der Waals surface area contributed by atoms with Gasteiger partial charge in [0.25, 0.3) is 5.91 Å². The van der Waals surface area contributed by atoms with E-state index in [2.05, 4.69) is 5.32 Å². The molecule has 3 rings (SSSR count). The quantitative estimate of drug-likeness (QED) is 0.906. The van der Waals surface area contributed by atoms with Gasteiger partial charge in [-0.15, -0.1) is 0 Å². The number of ketones is 1. The topological polar surface area (TPSA) is 55.4 Å². The predicted molar refractivity (Wildman–Crippen MR) is 84.4 cm³/mol. The van der Waals surface area contributed by atoms with E-state index >= 15 is 0 Å². The van der Waals surface area contributed by atoms with Crippen molar-refractivity contribution in [3.63, 3.8) is 0 Å². The minimum Gasteiger partial charge on any atom is -0.487 e. The third-order valence-electron chi connectivity index (χ3n) is 3.68. The highest BCUT2D eigenvalue weighted by molar-refractivity contribution is 6.06. The molecule has 1 amide bonds. The Hall–Kier alpha value is -2.76. The molecule has 6 heteroatoms. The first-order valence-corrected chi connectivity index (χ1v) is 7.38. The van der Waals surface area contributed by atoms with Crippen LogP contribution in [0.1, 0.15) is 41.0 Å². The Labute approximate surface area is 137 Å². The van der Waals surface area contributed by atoms with Gasteiger partial charge in [-0.2, -0.15) is 0 Å². The summed E-state index contributed by atoms with van der Waals surface area (Å²) < 4.78 is 32.6. The van der Waals surface area contributed by atoms with Crippen LogP contribution in [0.15, 0.2) is 36.4 Å². The van der Waals surface area contributed by atoms with Crippen molar-refractivity contribution in [2.24, 2.45) is 0 Å². The van der Waals surface area contributed by atoms with Crippen molar-refractivity contribution in [2.45, 2.75) is 25.9 Å². The van der Waals surface area contributed by atoms with Crippen molar-refractivity contribution in [1.82, 2.24) is 0 Å². The number of amides is 1. The SMILES string of the molecule is CC1(C)CC(=O)c2cc(NC(=O)c3cc(F)ccc3F)ccc2O1. The standard InChI is InChI=1S/C18H15F2NO3/c1-18(2)9-15(22)13-8-11(4-6-16(13)24-18)21-17(23)12-7-10(19)3-5-14(12)20/h3-8H,9H2,1-2H3,(H,21,23). The highest BCUT2D eigenvalue weighted by atomic mass is 19.1. The lowest BCUT2D eigenvalue weighted by Crippen LogP contribution is -2.35. The average molecular weight is 331 g/mol. The second-order valence-corrected chi connectivity index (χ2v) is 6.25. The van der Waals surface area contributed by atoms with Crippen LogP contribution < -0.4 is 10.1 Å². The number of carbonyl (C=O) groups excluding carboxylic acids is 2. The van der Waals surface area contributed by atoms with Crippen LogP contribution in [0, 0.1) is 11.6 Å². The molecule has 2 aromatic rings. The molecule has 0 saturated carbocycles. The lowest BCUT2D eigenvalue weighted by molar-refractivity contribution is 0.0620. The number of benzene rings is 2. The van der Waals surface area contributed by atoms with Crippen molar-refractivity contribution < 1.29 is 23.1 Å². The number of Topliss-reactive ketones (excluding diaryl/α,β-unsaturated/α-hetero) is 1.